The van der Waals surface area contributed by atoms with Crippen molar-refractivity contribution >= 4 is 5.97 Å². The van der Waals surface area contributed by atoms with Crippen LogP contribution in [0.1, 0.15) is 58.8 Å². The lowest BCUT2D eigenvalue weighted by Gasteiger charge is -2.05. The summed E-state index contributed by atoms with van der Waals surface area (Å²) in [5, 5.41) is 0. The van der Waals surface area contributed by atoms with E-state index in [0.29, 0.717) is 19.4 Å². The third kappa shape index (κ3) is 7.43. The zero-order valence-electron chi connectivity index (χ0n) is 10.4. The van der Waals surface area contributed by atoms with E-state index >= 15 is 0 Å². The Balaban J connectivity index is 3.71. The maximum Gasteiger partial charge on any atom is 0.336 e. The van der Waals surface area contributed by atoms with Crippen LogP contribution in [0.5, 0.6) is 0 Å². The molecule has 0 aliphatic carbocycles. The molecule has 0 aromatic carbocycles. The molecule has 3 heteroatoms. The molecule has 0 atom stereocenters. The lowest BCUT2D eigenvalue weighted by Crippen LogP contribution is -2.08. The average molecular weight is 230 g/mol. The second-order valence-corrected chi connectivity index (χ2v) is 3.93. The van der Waals surface area contributed by atoms with Crippen molar-refractivity contribution in [3.8, 4) is 0 Å². The average Bonchev–Trinajstić information content (AvgIpc) is 2.31. The second kappa shape index (κ2) is 10.7. The summed E-state index contributed by atoms with van der Waals surface area (Å²) in [6, 6.07) is 0. The predicted molar refractivity (Wildman–Crippen MR) is 63.8 cm³/mol. The fraction of sp³-hybridized carbons (Fsp3) is 0.769. The fourth-order valence-corrected chi connectivity index (χ4v) is 1.41. The Labute approximate surface area is 97.9 Å². The topological polar surface area (TPSA) is 26.3 Å². The van der Waals surface area contributed by atoms with Crippen molar-refractivity contribution < 1.29 is 13.9 Å². The Morgan fingerprint density at radius 2 is 1.81 bits per heavy atom. The van der Waals surface area contributed by atoms with Crippen LogP contribution in [-0.2, 0) is 9.53 Å². The van der Waals surface area contributed by atoms with Crippen LogP contribution in [0.25, 0.3) is 0 Å². The van der Waals surface area contributed by atoms with Gasteiger partial charge in [0.15, 0.2) is 0 Å². The van der Waals surface area contributed by atoms with Gasteiger partial charge in [0.05, 0.1) is 18.5 Å². The zero-order chi connectivity index (χ0) is 12.2. The van der Waals surface area contributed by atoms with Crippen LogP contribution >= 0.6 is 0 Å². The van der Waals surface area contributed by atoms with Gasteiger partial charge in [-0.3, -0.25) is 0 Å². The van der Waals surface area contributed by atoms with E-state index in [1.54, 1.807) is 0 Å². The van der Waals surface area contributed by atoms with E-state index in [1.165, 1.54) is 12.8 Å². The van der Waals surface area contributed by atoms with Crippen molar-refractivity contribution in [3.63, 3.8) is 0 Å². The number of rotatable bonds is 9. The van der Waals surface area contributed by atoms with Gasteiger partial charge in [0, 0.05) is 0 Å². The molecule has 0 bridgehead atoms. The highest BCUT2D eigenvalue weighted by Gasteiger charge is 2.10. The minimum Gasteiger partial charge on any atom is -0.462 e. The molecule has 0 amide bonds. The summed E-state index contributed by atoms with van der Waals surface area (Å²) < 4.78 is 17.3. The second-order valence-electron chi connectivity index (χ2n) is 3.93. The molecule has 0 aromatic heterocycles. The van der Waals surface area contributed by atoms with Gasteiger partial charge in [0.25, 0.3) is 0 Å². The molecule has 0 heterocycles. The molecule has 0 rings (SSSR count). The first-order chi connectivity index (χ1) is 7.76. The molecule has 0 saturated heterocycles. The molecule has 0 aromatic rings. The van der Waals surface area contributed by atoms with E-state index in [2.05, 4.69) is 6.92 Å². The van der Waals surface area contributed by atoms with Crippen LogP contribution in [0.15, 0.2) is 11.9 Å². The van der Waals surface area contributed by atoms with Crippen LogP contribution in [0.4, 0.5) is 4.39 Å². The third-order valence-electron chi connectivity index (χ3n) is 2.38. The van der Waals surface area contributed by atoms with E-state index < -0.39 is 5.97 Å². The molecule has 0 radical (unpaired) electrons. The van der Waals surface area contributed by atoms with Crippen LogP contribution in [0, 0.1) is 0 Å². The minimum atomic E-state index is -0.500. The number of halogens is 1. The van der Waals surface area contributed by atoms with Crippen molar-refractivity contribution in [3.05, 3.63) is 11.9 Å². The minimum absolute atomic E-state index is 0.171. The first-order valence-corrected chi connectivity index (χ1v) is 6.22. The molecule has 0 fully saturated rings. The largest absolute Gasteiger partial charge is 0.462 e. The van der Waals surface area contributed by atoms with Gasteiger partial charge in [-0.05, 0) is 19.3 Å². The maximum absolute atomic E-state index is 12.4. The summed E-state index contributed by atoms with van der Waals surface area (Å²) in [4.78, 5) is 11.3. The van der Waals surface area contributed by atoms with Crippen molar-refractivity contribution in [2.24, 2.45) is 0 Å². The first kappa shape index (κ1) is 15.1. The number of esters is 1. The van der Waals surface area contributed by atoms with Gasteiger partial charge in [0.1, 0.15) is 0 Å². The smallest absolute Gasteiger partial charge is 0.336 e. The summed E-state index contributed by atoms with van der Waals surface area (Å²) in [5.41, 5.74) is 0.171. The van der Waals surface area contributed by atoms with E-state index in [4.69, 9.17) is 4.74 Å². The van der Waals surface area contributed by atoms with Crippen molar-refractivity contribution in [1.29, 1.82) is 0 Å². The molecule has 0 saturated carbocycles. The zero-order valence-corrected chi connectivity index (χ0v) is 10.4. The standard InChI is InChI=1S/C13H23FO2/c1-3-5-6-7-8-9-12(11-14)13(15)16-10-4-2/h11H,3-10H2,1-2H3. The lowest BCUT2D eigenvalue weighted by atomic mass is 10.1. The molecular weight excluding hydrogens is 207 g/mol. The van der Waals surface area contributed by atoms with Gasteiger partial charge in [-0.1, -0.05) is 39.5 Å². The van der Waals surface area contributed by atoms with Gasteiger partial charge in [-0.15, -0.1) is 0 Å². The van der Waals surface area contributed by atoms with Gasteiger partial charge in [0.2, 0.25) is 0 Å². The Kier molecular flexibility index (Phi) is 10.1. The summed E-state index contributed by atoms with van der Waals surface area (Å²) >= 11 is 0. The highest BCUT2D eigenvalue weighted by molar-refractivity contribution is 5.88. The van der Waals surface area contributed by atoms with Gasteiger partial charge >= 0.3 is 5.97 Å². The number of unbranched alkanes of at least 4 members (excludes halogenated alkanes) is 4. The number of hydrogen-bond donors (Lipinski definition) is 0. The van der Waals surface area contributed by atoms with E-state index in [0.717, 1.165) is 25.7 Å². The number of ether oxygens (including phenoxy) is 1. The molecule has 0 spiro atoms. The predicted octanol–water partition coefficient (Wildman–Crippen LogP) is 4.15. The highest BCUT2D eigenvalue weighted by atomic mass is 19.1. The van der Waals surface area contributed by atoms with E-state index in [9.17, 15) is 9.18 Å². The van der Waals surface area contributed by atoms with Crippen LogP contribution < -0.4 is 0 Å². The monoisotopic (exact) mass is 230 g/mol. The molecule has 0 aliphatic rings. The van der Waals surface area contributed by atoms with Gasteiger partial charge in [-0.25, -0.2) is 9.18 Å². The molecular formula is C13H23FO2. The fourth-order valence-electron chi connectivity index (χ4n) is 1.41. The Morgan fingerprint density at radius 1 is 1.12 bits per heavy atom. The Bertz CT molecular complexity index is 212. The van der Waals surface area contributed by atoms with E-state index in [-0.39, 0.29) is 5.57 Å². The summed E-state index contributed by atoms with van der Waals surface area (Å²) in [5.74, 6) is -0.500. The van der Waals surface area contributed by atoms with Crippen molar-refractivity contribution in [2.75, 3.05) is 6.61 Å². The van der Waals surface area contributed by atoms with Crippen LogP contribution in [0.3, 0.4) is 0 Å². The molecule has 0 aliphatic heterocycles. The van der Waals surface area contributed by atoms with Crippen molar-refractivity contribution in [1.82, 2.24) is 0 Å². The molecule has 2 nitrogen and oxygen atoms in total. The number of hydrogen-bond acceptors (Lipinski definition) is 2. The lowest BCUT2D eigenvalue weighted by molar-refractivity contribution is -0.139. The Hall–Kier alpha value is -0.860. The number of carbonyl (C=O) groups is 1. The SMILES string of the molecule is CCCCCCCC(=CF)C(=O)OCCC. The molecule has 0 unspecified atom stereocenters. The maximum atomic E-state index is 12.4. The van der Waals surface area contributed by atoms with Crippen LogP contribution in [0.2, 0.25) is 0 Å². The van der Waals surface area contributed by atoms with Crippen LogP contribution in [-0.4, -0.2) is 12.6 Å². The van der Waals surface area contributed by atoms with Crippen molar-refractivity contribution in [2.45, 2.75) is 58.8 Å². The van der Waals surface area contributed by atoms with E-state index in [1.807, 2.05) is 6.92 Å². The molecule has 94 valence electrons. The quantitative estimate of drug-likeness (QED) is 0.338. The molecule has 16 heavy (non-hydrogen) atoms. The summed E-state index contributed by atoms with van der Waals surface area (Å²) in [7, 11) is 0. The number of carbonyl (C=O) groups excluding carboxylic acids is 1. The third-order valence-corrected chi connectivity index (χ3v) is 2.38. The van der Waals surface area contributed by atoms with Gasteiger partial charge < -0.3 is 4.74 Å². The first-order valence-electron chi connectivity index (χ1n) is 6.22. The highest BCUT2D eigenvalue weighted by Crippen LogP contribution is 2.13. The Morgan fingerprint density at radius 3 is 2.38 bits per heavy atom. The normalized spacial score (nSPS) is 11.6. The van der Waals surface area contributed by atoms with Gasteiger partial charge in [-0.2, -0.15) is 0 Å². The summed E-state index contributed by atoms with van der Waals surface area (Å²) in [6.45, 7) is 4.43. The summed E-state index contributed by atoms with van der Waals surface area (Å²) in [6.07, 6.45) is 7.09. The molecule has 0 N–H and O–H groups in total.